The third kappa shape index (κ3) is 7.89. The quantitative estimate of drug-likeness (QED) is 0.195. The Morgan fingerprint density at radius 2 is 1.64 bits per heavy atom. The topological polar surface area (TPSA) is 120 Å². The van der Waals surface area contributed by atoms with Crippen molar-refractivity contribution in [1.82, 2.24) is 19.4 Å². The van der Waals surface area contributed by atoms with E-state index in [1.165, 1.54) is 18.4 Å². The maximum Gasteiger partial charge on any atom is 0.341 e. The van der Waals surface area contributed by atoms with Crippen molar-refractivity contribution in [3.63, 3.8) is 0 Å². The maximum absolute atomic E-state index is 12.7. The number of aryl methyl sites for hydroxylation is 2. The van der Waals surface area contributed by atoms with E-state index in [2.05, 4.69) is 43.0 Å². The number of nitrogens with one attached hydrogen (secondary N) is 1. The van der Waals surface area contributed by atoms with Crippen LogP contribution in [0.3, 0.4) is 0 Å². The Kier molecular flexibility index (Phi) is 8.73. The smallest absolute Gasteiger partial charge is 0.341 e. The van der Waals surface area contributed by atoms with Crippen molar-refractivity contribution in [2.45, 2.75) is 87.3 Å². The van der Waals surface area contributed by atoms with Gasteiger partial charge in [0.05, 0.1) is 16.5 Å². The Bertz CT molecular complexity index is 1660. The highest BCUT2D eigenvalue weighted by molar-refractivity contribution is 5.78. The Hall–Kier alpha value is -4.67. The molecule has 45 heavy (non-hydrogen) atoms. The molecule has 1 N–H and O–H groups in total. The molecule has 1 aliphatic rings. The zero-order valence-electron chi connectivity index (χ0n) is 27.3. The SMILES string of the molecule is Cc1cc(N(OC(=O)C(C)(C)C)OC(=O)C(C)(C)C)nc(C)c1CNc1cc(OCc2cn3cc(C4CC4)ccc3n2)ccn1. The van der Waals surface area contributed by atoms with Crippen LogP contribution in [0.5, 0.6) is 5.75 Å². The third-order valence-electron chi connectivity index (χ3n) is 7.42. The van der Waals surface area contributed by atoms with Gasteiger partial charge in [0.15, 0.2) is 0 Å². The van der Waals surface area contributed by atoms with Crippen molar-refractivity contribution in [3.05, 3.63) is 77.0 Å². The van der Waals surface area contributed by atoms with Gasteiger partial charge in [0.2, 0.25) is 5.82 Å². The van der Waals surface area contributed by atoms with E-state index in [1.807, 2.05) is 32.2 Å². The van der Waals surface area contributed by atoms with Gasteiger partial charge in [0.1, 0.15) is 23.8 Å². The van der Waals surface area contributed by atoms with E-state index >= 15 is 0 Å². The molecule has 1 aliphatic carbocycles. The van der Waals surface area contributed by atoms with Crippen LogP contribution in [0.25, 0.3) is 5.65 Å². The Morgan fingerprint density at radius 3 is 2.27 bits per heavy atom. The lowest BCUT2D eigenvalue weighted by Gasteiger charge is -2.27. The molecule has 1 fully saturated rings. The van der Waals surface area contributed by atoms with Crippen LogP contribution in [-0.4, -0.2) is 31.3 Å². The number of fused-ring (bicyclic) bond motifs is 1. The van der Waals surface area contributed by atoms with Crippen molar-refractivity contribution in [2.24, 2.45) is 10.8 Å². The number of hydrogen-bond donors (Lipinski definition) is 1. The van der Waals surface area contributed by atoms with Crippen LogP contribution in [0.1, 0.15) is 88.4 Å². The van der Waals surface area contributed by atoms with Gasteiger partial charge in [-0.1, -0.05) is 6.07 Å². The molecule has 0 radical (unpaired) electrons. The van der Waals surface area contributed by atoms with Crippen molar-refractivity contribution in [1.29, 1.82) is 0 Å². The highest BCUT2D eigenvalue weighted by Gasteiger charge is 2.32. The van der Waals surface area contributed by atoms with Gasteiger partial charge in [-0.3, -0.25) is 0 Å². The minimum atomic E-state index is -0.821. The monoisotopic (exact) mass is 614 g/mol. The van der Waals surface area contributed by atoms with Gasteiger partial charge in [0.25, 0.3) is 0 Å². The number of ether oxygens (including phenoxy) is 1. The largest absolute Gasteiger partial charge is 0.487 e. The lowest BCUT2D eigenvalue weighted by molar-refractivity contribution is -0.185. The summed E-state index contributed by atoms with van der Waals surface area (Å²) in [5, 5.41) is 4.16. The lowest BCUT2D eigenvalue weighted by atomic mass is 9.98. The third-order valence-corrected chi connectivity index (χ3v) is 7.42. The van der Waals surface area contributed by atoms with Gasteiger partial charge in [-0.05, 0) is 114 Å². The standard InChI is InChI=1S/C34H42N6O5/c1-21-15-30(40(44-31(41)33(3,4)5)45-32(42)34(6,7)8)37-22(2)27(21)17-36-28-16-26(13-14-35-28)43-20-25-19-39-18-24(23-9-10-23)11-12-29(39)38-25/h11-16,18-19,23H,9-10,17,20H2,1-8H3,(H,35,36). The number of pyridine rings is 3. The minimum Gasteiger partial charge on any atom is -0.487 e. The molecule has 0 unspecified atom stereocenters. The average Bonchev–Trinajstić information content (AvgIpc) is 3.73. The van der Waals surface area contributed by atoms with Crippen LogP contribution in [0.4, 0.5) is 11.6 Å². The first-order valence-electron chi connectivity index (χ1n) is 15.2. The Morgan fingerprint density at radius 1 is 0.956 bits per heavy atom. The summed E-state index contributed by atoms with van der Waals surface area (Å²) >= 11 is 0. The number of nitrogens with zero attached hydrogens (tertiary/aromatic N) is 5. The molecule has 0 aromatic carbocycles. The van der Waals surface area contributed by atoms with E-state index in [0.29, 0.717) is 36.3 Å². The highest BCUT2D eigenvalue weighted by atomic mass is 17.0. The van der Waals surface area contributed by atoms with Crippen molar-refractivity contribution in [3.8, 4) is 5.75 Å². The molecular weight excluding hydrogens is 572 g/mol. The molecule has 238 valence electrons. The summed E-state index contributed by atoms with van der Waals surface area (Å²) in [4.78, 5) is 50.1. The molecule has 1 saturated carbocycles. The molecule has 4 aromatic heterocycles. The molecule has 0 atom stereocenters. The van der Waals surface area contributed by atoms with Gasteiger partial charge in [-0.2, -0.15) is 0 Å². The van der Waals surface area contributed by atoms with Crippen LogP contribution < -0.4 is 15.3 Å². The molecule has 0 amide bonds. The summed E-state index contributed by atoms with van der Waals surface area (Å²) in [5.41, 5.74) is 3.92. The molecule has 5 rings (SSSR count). The van der Waals surface area contributed by atoms with E-state index in [-0.39, 0.29) is 5.82 Å². The number of aromatic nitrogens is 4. The van der Waals surface area contributed by atoms with Crippen LogP contribution in [0, 0.1) is 24.7 Å². The van der Waals surface area contributed by atoms with Crippen LogP contribution >= 0.6 is 0 Å². The fourth-order valence-corrected chi connectivity index (χ4v) is 4.46. The predicted octanol–water partition coefficient (Wildman–Crippen LogP) is 6.62. The maximum atomic E-state index is 12.7. The second kappa shape index (κ2) is 12.4. The highest BCUT2D eigenvalue weighted by Crippen LogP contribution is 2.40. The Balaban J connectivity index is 1.25. The minimum absolute atomic E-state index is 0.188. The normalized spacial score (nSPS) is 13.4. The summed E-state index contributed by atoms with van der Waals surface area (Å²) < 4.78 is 8.12. The average molecular weight is 615 g/mol. The molecule has 0 bridgehead atoms. The molecule has 0 spiro atoms. The molecule has 11 heteroatoms. The number of carbonyl (C=O) groups excluding carboxylic acids is 2. The Labute approximate surface area is 263 Å². The van der Waals surface area contributed by atoms with Gasteiger partial charge >= 0.3 is 11.9 Å². The first-order chi connectivity index (χ1) is 21.2. The summed E-state index contributed by atoms with van der Waals surface area (Å²) in [6.45, 7) is 14.8. The van der Waals surface area contributed by atoms with Crippen LogP contribution in [0.15, 0.2) is 48.9 Å². The summed E-state index contributed by atoms with van der Waals surface area (Å²) in [5.74, 6) is 1.05. The van der Waals surface area contributed by atoms with Crippen molar-refractivity contribution >= 4 is 29.2 Å². The first-order valence-corrected chi connectivity index (χ1v) is 15.2. The second-order valence-corrected chi connectivity index (χ2v) is 13.6. The summed E-state index contributed by atoms with van der Waals surface area (Å²) in [6.07, 6.45) is 8.39. The number of imidazole rings is 1. The fraction of sp³-hybridized carbons (Fsp3) is 0.441. The lowest BCUT2D eigenvalue weighted by Crippen LogP contribution is -2.38. The number of anilines is 2. The van der Waals surface area contributed by atoms with E-state index in [0.717, 1.165) is 27.7 Å². The van der Waals surface area contributed by atoms with Crippen LogP contribution in [-0.2, 0) is 32.4 Å². The van der Waals surface area contributed by atoms with E-state index in [9.17, 15) is 9.59 Å². The summed E-state index contributed by atoms with van der Waals surface area (Å²) in [6, 6.07) is 9.59. The molecule has 4 heterocycles. The van der Waals surface area contributed by atoms with E-state index < -0.39 is 22.8 Å². The van der Waals surface area contributed by atoms with Gasteiger partial charge < -0.3 is 24.1 Å². The van der Waals surface area contributed by atoms with Crippen molar-refractivity contribution in [2.75, 3.05) is 10.5 Å². The second-order valence-electron chi connectivity index (χ2n) is 13.6. The zero-order valence-corrected chi connectivity index (χ0v) is 27.3. The van der Waals surface area contributed by atoms with Crippen LogP contribution in [0.2, 0.25) is 0 Å². The first kappa shape index (κ1) is 31.7. The van der Waals surface area contributed by atoms with Gasteiger partial charge in [0, 0.05) is 36.9 Å². The fourth-order valence-electron chi connectivity index (χ4n) is 4.46. The number of rotatable bonds is 10. The molecule has 0 saturated heterocycles. The predicted molar refractivity (Wildman–Crippen MR) is 170 cm³/mol. The zero-order chi connectivity index (χ0) is 32.5. The molecule has 4 aromatic rings. The molecule has 0 aliphatic heterocycles. The molecule has 11 nitrogen and oxygen atoms in total. The van der Waals surface area contributed by atoms with E-state index in [1.54, 1.807) is 53.8 Å². The summed E-state index contributed by atoms with van der Waals surface area (Å²) in [7, 11) is 0. The van der Waals surface area contributed by atoms with Gasteiger partial charge in [-0.25, -0.2) is 24.5 Å². The number of hydrogen-bond acceptors (Lipinski definition) is 10. The van der Waals surface area contributed by atoms with E-state index in [4.69, 9.17) is 14.4 Å². The van der Waals surface area contributed by atoms with Crippen molar-refractivity contribution < 1.29 is 24.0 Å². The molecular formula is C34H42N6O5. The number of carbonyl (C=O) groups is 2. The van der Waals surface area contributed by atoms with Gasteiger partial charge in [-0.15, -0.1) is 0 Å².